The molecule has 2 heterocycles. The summed E-state index contributed by atoms with van der Waals surface area (Å²) in [4.78, 5) is 4.38. The van der Waals surface area contributed by atoms with Gasteiger partial charge in [-0.15, -0.1) is 0 Å². The normalized spacial score (nSPS) is 13.2. The van der Waals surface area contributed by atoms with Crippen LogP contribution in [0.1, 0.15) is 18.3 Å². The molecule has 2 N–H and O–H groups in total. The van der Waals surface area contributed by atoms with Gasteiger partial charge in [0.15, 0.2) is 0 Å². The smallest absolute Gasteiger partial charge is 0.130 e. The predicted octanol–water partition coefficient (Wildman–Crippen LogP) is 2.09. The lowest BCUT2D eigenvalue weighted by Crippen LogP contribution is -2.14. The van der Waals surface area contributed by atoms with Gasteiger partial charge >= 0.3 is 0 Å². The quantitative estimate of drug-likeness (QED) is 0.859. The molecule has 0 bridgehead atoms. The van der Waals surface area contributed by atoms with Crippen LogP contribution in [-0.2, 0) is 0 Å². The summed E-state index contributed by atoms with van der Waals surface area (Å²) < 4.78 is 2.06. The highest BCUT2D eigenvalue weighted by Gasteiger charge is 2.11. The highest BCUT2D eigenvalue weighted by Crippen LogP contribution is 2.16. The van der Waals surface area contributed by atoms with Gasteiger partial charge in [-0.3, -0.25) is 0 Å². The number of nitrogens with two attached hydrogens (primary N) is 1. The summed E-state index contributed by atoms with van der Waals surface area (Å²) >= 11 is 1.82. The largest absolute Gasteiger partial charge is 0.321 e. The molecule has 0 fully saturated rings. The highest BCUT2D eigenvalue weighted by molar-refractivity contribution is 7.98. The second-order valence-electron chi connectivity index (χ2n) is 3.50. The third-order valence-corrected chi connectivity index (χ3v) is 3.08. The molecule has 0 aliphatic rings. The molecule has 0 aliphatic carbocycles. The first-order valence-electron chi connectivity index (χ1n) is 4.99. The Morgan fingerprint density at radius 1 is 1.53 bits per heavy atom. The predicted molar refractivity (Wildman–Crippen MR) is 65.1 cm³/mol. The number of hydrogen-bond acceptors (Lipinski definition) is 3. The molecule has 2 aromatic heterocycles. The highest BCUT2D eigenvalue weighted by atomic mass is 32.2. The number of imidazole rings is 1. The zero-order valence-electron chi connectivity index (χ0n) is 8.76. The Morgan fingerprint density at radius 2 is 2.40 bits per heavy atom. The second kappa shape index (κ2) is 4.68. The van der Waals surface area contributed by atoms with Crippen molar-refractivity contribution in [1.82, 2.24) is 9.38 Å². The van der Waals surface area contributed by atoms with Crippen LogP contribution in [0.25, 0.3) is 5.52 Å². The summed E-state index contributed by atoms with van der Waals surface area (Å²) in [6.07, 6.45) is 6.94. The summed E-state index contributed by atoms with van der Waals surface area (Å²) in [6, 6.07) is 6.08. The second-order valence-corrected chi connectivity index (χ2v) is 4.49. The monoisotopic (exact) mass is 221 g/mol. The van der Waals surface area contributed by atoms with Gasteiger partial charge in [0, 0.05) is 6.20 Å². The van der Waals surface area contributed by atoms with E-state index in [2.05, 4.69) is 15.6 Å². The minimum atomic E-state index is 0.0300. The molecule has 1 atom stereocenters. The van der Waals surface area contributed by atoms with E-state index in [4.69, 9.17) is 5.73 Å². The SMILES string of the molecule is CSCC[C@H](N)c1ncc2ccccn12. The van der Waals surface area contributed by atoms with Crippen molar-refractivity contribution in [3.05, 3.63) is 36.4 Å². The van der Waals surface area contributed by atoms with Gasteiger partial charge in [-0.05, 0) is 30.6 Å². The lowest BCUT2D eigenvalue weighted by Gasteiger charge is -2.09. The van der Waals surface area contributed by atoms with Crippen LogP contribution in [0, 0.1) is 0 Å². The van der Waals surface area contributed by atoms with Crippen molar-refractivity contribution in [1.29, 1.82) is 0 Å². The van der Waals surface area contributed by atoms with Crippen LogP contribution in [-0.4, -0.2) is 21.4 Å². The van der Waals surface area contributed by atoms with E-state index in [1.54, 1.807) is 0 Å². The van der Waals surface area contributed by atoms with Crippen molar-refractivity contribution in [3.63, 3.8) is 0 Å². The Kier molecular flexibility index (Phi) is 3.28. The number of aromatic nitrogens is 2. The first kappa shape index (κ1) is 10.5. The number of pyridine rings is 1. The molecule has 2 aromatic rings. The first-order chi connectivity index (χ1) is 7.33. The molecule has 4 heteroatoms. The molecule has 0 unspecified atom stereocenters. The molecule has 0 amide bonds. The Bertz CT molecular complexity index is 438. The summed E-state index contributed by atoms with van der Waals surface area (Å²) in [7, 11) is 0. The van der Waals surface area contributed by atoms with E-state index in [-0.39, 0.29) is 6.04 Å². The van der Waals surface area contributed by atoms with Crippen LogP contribution in [0.5, 0.6) is 0 Å². The average molecular weight is 221 g/mol. The maximum Gasteiger partial charge on any atom is 0.130 e. The first-order valence-corrected chi connectivity index (χ1v) is 6.39. The van der Waals surface area contributed by atoms with Crippen LogP contribution in [0.2, 0.25) is 0 Å². The van der Waals surface area contributed by atoms with Crippen LogP contribution in [0.15, 0.2) is 30.6 Å². The van der Waals surface area contributed by atoms with Crippen LogP contribution < -0.4 is 5.73 Å². The van der Waals surface area contributed by atoms with Crippen LogP contribution in [0.4, 0.5) is 0 Å². The summed E-state index contributed by atoms with van der Waals surface area (Å²) in [5.74, 6) is 2.03. The topological polar surface area (TPSA) is 43.3 Å². The lowest BCUT2D eigenvalue weighted by molar-refractivity contribution is 0.651. The van der Waals surface area contributed by atoms with Crippen molar-refractivity contribution >= 4 is 17.3 Å². The van der Waals surface area contributed by atoms with Crippen molar-refractivity contribution < 1.29 is 0 Å². The zero-order valence-corrected chi connectivity index (χ0v) is 9.57. The average Bonchev–Trinajstić information content (AvgIpc) is 2.69. The molecule has 0 saturated carbocycles. The van der Waals surface area contributed by atoms with Crippen LogP contribution >= 0.6 is 11.8 Å². The summed E-state index contributed by atoms with van der Waals surface area (Å²) in [5.41, 5.74) is 7.20. The molecule has 0 aliphatic heterocycles. The molecular weight excluding hydrogens is 206 g/mol. The number of nitrogens with zero attached hydrogens (tertiary/aromatic N) is 2. The molecule has 0 radical (unpaired) electrons. The van der Waals surface area contributed by atoms with Gasteiger partial charge in [0.05, 0.1) is 17.8 Å². The fourth-order valence-electron chi connectivity index (χ4n) is 1.61. The van der Waals surface area contributed by atoms with Gasteiger partial charge in [0.2, 0.25) is 0 Å². The van der Waals surface area contributed by atoms with E-state index in [0.29, 0.717) is 0 Å². The Hall–Kier alpha value is -1.00. The molecule has 80 valence electrons. The van der Waals surface area contributed by atoms with Gasteiger partial charge in [-0.25, -0.2) is 4.98 Å². The van der Waals surface area contributed by atoms with Gasteiger partial charge in [-0.2, -0.15) is 11.8 Å². The van der Waals surface area contributed by atoms with E-state index in [1.807, 2.05) is 42.4 Å². The van der Waals surface area contributed by atoms with Crippen LogP contribution in [0.3, 0.4) is 0 Å². The Labute approximate surface area is 93.7 Å². The Balaban J connectivity index is 2.27. The van der Waals surface area contributed by atoms with Crippen molar-refractivity contribution in [2.24, 2.45) is 5.73 Å². The molecule has 15 heavy (non-hydrogen) atoms. The molecule has 0 aromatic carbocycles. The third-order valence-electron chi connectivity index (χ3n) is 2.43. The minimum Gasteiger partial charge on any atom is -0.321 e. The third kappa shape index (κ3) is 2.16. The van der Waals surface area contributed by atoms with Gasteiger partial charge in [0.1, 0.15) is 5.82 Å². The van der Waals surface area contributed by atoms with E-state index in [0.717, 1.165) is 23.5 Å². The molecule has 2 rings (SSSR count). The lowest BCUT2D eigenvalue weighted by atomic mass is 10.2. The maximum atomic E-state index is 6.09. The van der Waals surface area contributed by atoms with Crippen molar-refractivity contribution in [3.8, 4) is 0 Å². The van der Waals surface area contributed by atoms with Crippen molar-refractivity contribution in [2.45, 2.75) is 12.5 Å². The molecule has 0 saturated heterocycles. The van der Waals surface area contributed by atoms with E-state index in [1.165, 1.54) is 0 Å². The van der Waals surface area contributed by atoms with E-state index < -0.39 is 0 Å². The summed E-state index contributed by atoms with van der Waals surface area (Å²) in [6.45, 7) is 0. The molecule has 0 spiro atoms. The van der Waals surface area contributed by atoms with E-state index in [9.17, 15) is 0 Å². The molecule has 3 nitrogen and oxygen atoms in total. The van der Waals surface area contributed by atoms with Gasteiger partial charge in [-0.1, -0.05) is 6.07 Å². The minimum absolute atomic E-state index is 0.0300. The fourth-order valence-corrected chi connectivity index (χ4v) is 2.10. The molecular formula is C11H15N3S. The zero-order chi connectivity index (χ0) is 10.7. The number of rotatable bonds is 4. The van der Waals surface area contributed by atoms with Crippen molar-refractivity contribution in [2.75, 3.05) is 12.0 Å². The Morgan fingerprint density at radius 3 is 3.20 bits per heavy atom. The number of fused-ring (bicyclic) bond motifs is 1. The van der Waals surface area contributed by atoms with E-state index >= 15 is 0 Å². The fraction of sp³-hybridized carbons (Fsp3) is 0.364. The van der Waals surface area contributed by atoms with Gasteiger partial charge < -0.3 is 10.1 Å². The van der Waals surface area contributed by atoms with Gasteiger partial charge in [0.25, 0.3) is 0 Å². The number of thioether (sulfide) groups is 1. The summed E-state index contributed by atoms with van der Waals surface area (Å²) in [5, 5.41) is 0. The number of hydrogen-bond donors (Lipinski definition) is 1. The maximum absolute atomic E-state index is 6.09. The standard InChI is InChI=1S/C11H15N3S/c1-15-7-5-10(12)11-13-8-9-4-2-3-6-14(9)11/h2-4,6,8,10H,5,7,12H2,1H3/t10-/m0/s1.